The Balaban J connectivity index is 1.64. The molecular weight excluding hydrogens is 472 g/mol. The molecule has 1 heterocycles. The van der Waals surface area contributed by atoms with Crippen LogP contribution in [0.5, 0.6) is 0 Å². The van der Waals surface area contributed by atoms with Crippen LogP contribution in [-0.2, 0) is 15.5 Å². The van der Waals surface area contributed by atoms with Crippen molar-refractivity contribution < 1.29 is 37.1 Å². The van der Waals surface area contributed by atoms with Gasteiger partial charge in [-0.05, 0) is 55.0 Å². The van der Waals surface area contributed by atoms with Crippen LogP contribution in [-0.4, -0.2) is 51.8 Å². The van der Waals surface area contributed by atoms with Crippen LogP contribution in [0, 0.1) is 0 Å². The number of likely N-dealkylation sites (tertiary alicyclic amines) is 1. The zero-order valence-corrected chi connectivity index (χ0v) is 19.1. The van der Waals surface area contributed by atoms with E-state index in [4.69, 9.17) is 0 Å². The van der Waals surface area contributed by atoms with Gasteiger partial charge >= 0.3 is 13.8 Å². The second kappa shape index (κ2) is 10.7. The third-order valence-corrected chi connectivity index (χ3v) is 6.71. The van der Waals surface area contributed by atoms with Gasteiger partial charge in [-0.3, -0.25) is 14.2 Å². The van der Waals surface area contributed by atoms with E-state index in [2.05, 4.69) is 5.32 Å². The summed E-state index contributed by atoms with van der Waals surface area (Å²) in [6, 6.07) is 12.1. The van der Waals surface area contributed by atoms with Gasteiger partial charge in [0.2, 0.25) is 5.91 Å². The Labute approximate surface area is 195 Å². The second-order valence-electron chi connectivity index (χ2n) is 8.29. The van der Waals surface area contributed by atoms with Gasteiger partial charge in [0.25, 0.3) is 5.91 Å². The number of nitrogens with one attached hydrogen (secondary N) is 1. The predicted octanol–water partition coefficient (Wildman–Crippen LogP) is 3.78. The Hall–Kier alpha value is -2.68. The number of hydrogen-bond acceptors (Lipinski definition) is 3. The highest BCUT2D eigenvalue weighted by Crippen LogP contribution is 2.36. The molecule has 1 saturated heterocycles. The molecule has 11 heteroatoms. The molecule has 3 rings (SSSR count). The number of amides is 2. The Morgan fingerprint density at radius 1 is 1.03 bits per heavy atom. The van der Waals surface area contributed by atoms with E-state index in [1.807, 2.05) is 0 Å². The molecule has 0 saturated carbocycles. The summed E-state index contributed by atoms with van der Waals surface area (Å²) in [7, 11) is -4.38. The Bertz CT molecular complexity index is 1030. The largest absolute Gasteiger partial charge is 0.416 e. The molecular formula is C23H26F3N2O5P. The number of benzene rings is 2. The first kappa shape index (κ1) is 25.9. The predicted molar refractivity (Wildman–Crippen MR) is 119 cm³/mol. The first-order valence-electron chi connectivity index (χ1n) is 10.8. The lowest BCUT2D eigenvalue weighted by Gasteiger charge is -2.34. The third kappa shape index (κ3) is 7.16. The molecule has 0 spiro atoms. The number of halogens is 3. The van der Waals surface area contributed by atoms with Crippen molar-refractivity contribution in [3.63, 3.8) is 0 Å². The topological polar surface area (TPSA) is 107 Å². The standard InChI is InChI=1S/C23H26F3N2O5P/c24-23(25,26)19-8-6-16(7-9-19)17-10-13-28(14-11-17)22(30)20(12-15-34(31,32)33)27-21(29)18-4-2-1-3-5-18/h1-9,17,20H,10-15H2,(H,27,29)(H2,31,32,33). The van der Waals surface area contributed by atoms with Crippen LogP contribution < -0.4 is 5.32 Å². The van der Waals surface area contributed by atoms with Crippen molar-refractivity contribution in [2.75, 3.05) is 19.3 Å². The molecule has 0 aromatic heterocycles. The number of carbonyl (C=O) groups excluding carboxylic acids is 2. The molecule has 2 aromatic carbocycles. The molecule has 7 nitrogen and oxygen atoms in total. The van der Waals surface area contributed by atoms with E-state index < -0.39 is 43.4 Å². The fourth-order valence-corrected chi connectivity index (χ4v) is 4.58. The minimum atomic E-state index is -4.40. The van der Waals surface area contributed by atoms with Gasteiger partial charge < -0.3 is 20.0 Å². The molecule has 2 aromatic rings. The number of piperidine rings is 1. The third-order valence-electron chi connectivity index (χ3n) is 5.86. The number of hydrogen-bond donors (Lipinski definition) is 3. The van der Waals surface area contributed by atoms with E-state index in [-0.39, 0.29) is 12.3 Å². The lowest BCUT2D eigenvalue weighted by Crippen LogP contribution is -2.51. The van der Waals surface area contributed by atoms with Gasteiger partial charge in [-0.2, -0.15) is 13.2 Å². The van der Waals surface area contributed by atoms with Gasteiger partial charge in [-0.1, -0.05) is 30.3 Å². The molecule has 0 radical (unpaired) electrons. The van der Waals surface area contributed by atoms with Crippen LogP contribution in [0.4, 0.5) is 13.2 Å². The summed E-state index contributed by atoms with van der Waals surface area (Å²) >= 11 is 0. The molecule has 1 fully saturated rings. The maximum absolute atomic E-state index is 13.1. The number of rotatable bonds is 7. The van der Waals surface area contributed by atoms with Crippen molar-refractivity contribution in [2.24, 2.45) is 0 Å². The number of carbonyl (C=O) groups is 2. The first-order valence-corrected chi connectivity index (χ1v) is 12.6. The van der Waals surface area contributed by atoms with E-state index in [0.29, 0.717) is 31.5 Å². The summed E-state index contributed by atoms with van der Waals surface area (Å²) in [5.41, 5.74) is 0.360. The molecule has 0 bridgehead atoms. The van der Waals surface area contributed by atoms with Crippen molar-refractivity contribution in [1.82, 2.24) is 10.2 Å². The fraction of sp³-hybridized carbons (Fsp3) is 0.391. The van der Waals surface area contributed by atoms with Crippen LogP contribution in [0.25, 0.3) is 0 Å². The normalized spacial score (nSPS) is 16.2. The highest BCUT2D eigenvalue weighted by molar-refractivity contribution is 7.51. The lowest BCUT2D eigenvalue weighted by atomic mass is 9.88. The molecule has 1 aliphatic heterocycles. The molecule has 184 valence electrons. The number of alkyl halides is 3. The van der Waals surface area contributed by atoms with Gasteiger partial charge in [0.05, 0.1) is 11.7 Å². The molecule has 34 heavy (non-hydrogen) atoms. The highest BCUT2D eigenvalue weighted by atomic mass is 31.2. The van der Waals surface area contributed by atoms with Gasteiger partial charge in [-0.25, -0.2) is 0 Å². The summed E-state index contributed by atoms with van der Waals surface area (Å²) < 4.78 is 49.7. The minimum absolute atomic E-state index is 0.0150. The van der Waals surface area contributed by atoms with Gasteiger partial charge in [0.15, 0.2) is 0 Å². The smallest absolute Gasteiger partial charge is 0.341 e. The van der Waals surface area contributed by atoms with E-state index >= 15 is 0 Å². The van der Waals surface area contributed by atoms with Gasteiger partial charge in [0.1, 0.15) is 6.04 Å². The van der Waals surface area contributed by atoms with Crippen LogP contribution in [0.2, 0.25) is 0 Å². The van der Waals surface area contributed by atoms with E-state index in [1.165, 1.54) is 17.0 Å². The van der Waals surface area contributed by atoms with Crippen LogP contribution in [0.15, 0.2) is 54.6 Å². The summed E-state index contributed by atoms with van der Waals surface area (Å²) in [5.74, 6) is -0.980. The lowest BCUT2D eigenvalue weighted by molar-refractivity contribution is -0.137. The molecule has 2 amide bonds. The maximum atomic E-state index is 13.1. The molecule has 3 N–H and O–H groups in total. The fourth-order valence-electron chi connectivity index (χ4n) is 3.98. The van der Waals surface area contributed by atoms with Crippen molar-refractivity contribution >= 4 is 19.4 Å². The van der Waals surface area contributed by atoms with Crippen molar-refractivity contribution in [1.29, 1.82) is 0 Å². The van der Waals surface area contributed by atoms with Crippen molar-refractivity contribution in [3.8, 4) is 0 Å². The highest BCUT2D eigenvalue weighted by Gasteiger charge is 2.33. The Morgan fingerprint density at radius 2 is 1.62 bits per heavy atom. The van der Waals surface area contributed by atoms with Crippen LogP contribution in [0.3, 0.4) is 0 Å². The molecule has 1 atom stereocenters. The van der Waals surface area contributed by atoms with Crippen LogP contribution in [0.1, 0.15) is 46.7 Å². The summed E-state index contributed by atoms with van der Waals surface area (Å²) in [6.45, 7) is 0.635. The van der Waals surface area contributed by atoms with Crippen LogP contribution >= 0.6 is 7.60 Å². The second-order valence-corrected chi connectivity index (χ2v) is 10.1. The molecule has 0 aliphatic carbocycles. The van der Waals surface area contributed by atoms with Gasteiger partial charge in [-0.15, -0.1) is 0 Å². The van der Waals surface area contributed by atoms with Crippen molar-refractivity contribution in [3.05, 3.63) is 71.3 Å². The Kier molecular flexibility index (Phi) is 8.17. The molecule has 1 unspecified atom stereocenters. The summed E-state index contributed by atoms with van der Waals surface area (Å²) in [4.78, 5) is 45.7. The minimum Gasteiger partial charge on any atom is -0.341 e. The van der Waals surface area contributed by atoms with Crippen molar-refractivity contribution in [2.45, 2.75) is 37.4 Å². The zero-order chi connectivity index (χ0) is 24.9. The first-order chi connectivity index (χ1) is 15.9. The van der Waals surface area contributed by atoms with E-state index in [1.54, 1.807) is 30.3 Å². The summed E-state index contributed by atoms with van der Waals surface area (Å²) in [5, 5.41) is 2.59. The average Bonchev–Trinajstić information content (AvgIpc) is 2.81. The average molecular weight is 498 g/mol. The molecule has 1 aliphatic rings. The van der Waals surface area contributed by atoms with E-state index in [9.17, 15) is 37.1 Å². The maximum Gasteiger partial charge on any atom is 0.416 e. The van der Waals surface area contributed by atoms with E-state index in [0.717, 1.165) is 17.7 Å². The SMILES string of the molecule is O=C(NC(CCP(=O)(O)O)C(=O)N1CCC(c2ccc(C(F)(F)F)cc2)CC1)c1ccccc1. The zero-order valence-electron chi connectivity index (χ0n) is 18.2. The Morgan fingerprint density at radius 3 is 2.15 bits per heavy atom. The quantitative estimate of drug-likeness (QED) is 0.504. The monoisotopic (exact) mass is 498 g/mol. The number of nitrogens with zero attached hydrogens (tertiary/aromatic N) is 1. The van der Waals surface area contributed by atoms with Gasteiger partial charge in [0, 0.05) is 18.7 Å². The summed E-state index contributed by atoms with van der Waals surface area (Å²) in [6.07, 6.45) is -4.13.